The molecule has 0 aromatic carbocycles. The monoisotopic (exact) mass is 282 g/mol. The summed E-state index contributed by atoms with van der Waals surface area (Å²) in [6.07, 6.45) is 2.07. The van der Waals surface area contributed by atoms with Gasteiger partial charge in [0.2, 0.25) is 11.8 Å². The first-order chi connectivity index (χ1) is 9.19. The van der Waals surface area contributed by atoms with Gasteiger partial charge in [-0.3, -0.25) is 9.59 Å². The average molecular weight is 282 g/mol. The van der Waals surface area contributed by atoms with Crippen LogP contribution in [0.3, 0.4) is 0 Å². The van der Waals surface area contributed by atoms with Crippen molar-refractivity contribution in [1.82, 2.24) is 9.80 Å². The molecule has 1 rings (SSSR count). The van der Waals surface area contributed by atoms with Gasteiger partial charge < -0.3 is 9.80 Å². The van der Waals surface area contributed by atoms with Crippen molar-refractivity contribution in [2.24, 2.45) is 11.3 Å². The van der Waals surface area contributed by atoms with E-state index < -0.39 is 0 Å². The number of nitrogens with zero attached hydrogens (tertiary/aromatic N) is 2. The lowest BCUT2D eigenvalue weighted by molar-refractivity contribution is -0.135. The number of carbonyl (C=O) groups is 2. The van der Waals surface area contributed by atoms with E-state index in [2.05, 4.69) is 34.6 Å². The van der Waals surface area contributed by atoms with Crippen LogP contribution in [0.4, 0.5) is 0 Å². The van der Waals surface area contributed by atoms with Gasteiger partial charge in [-0.2, -0.15) is 0 Å². The van der Waals surface area contributed by atoms with Crippen LogP contribution in [0.1, 0.15) is 53.9 Å². The highest BCUT2D eigenvalue weighted by Gasteiger charge is 2.25. The van der Waals surface area contributed by atoms with Crippen LogP contribution >= 0.6 is 0 Å². The fourth-order valence-corrected chi connectivity index (χ4v) is 2.46. The van der Waals surface area contributed by atoms with E-state index >= 15 is 0 Å². The third-order valence-corrected chi connectivity index (χ3v) is 3.47. The van der Waals surface area contributed by atoms with E-state index in [1.54, 1.807) is 0 Å². The number of hydrogen-bond acceptors (Lipinski definition) is 2. The van der Waals surface area contributed by atoms with Crippen molar-refractivity contribution in [1.29, 1.82) is 0 Å². The minimum absolute atomic E-state index is 0.0243. The van der Waals surface area contributed by atoms with Crippen molar-refractivity contribution in [3.05, 3.63) is 0 Å². The Morgan fingerprint density at radius 2 is 1.45 bits per heavy atom. The summed E-state index contributed by atoms with van der Waals surface area (Å²) in [7, 11) is 0. The molecule has 0 aliphatic carbocycles. The number of hydrogen-bond donors (Lipinski definition) is 0. The third-order valence-electron chi connectivity index (χ3n) is 3.47. The predicted octanol–water partition coefficient (Wildman–Crippen LogP) is 2.53. The maximum atomic E-state index is 12.2. The molecule has 0 atom stereocenters. The fourth-order valence-electron chi connectivity index (χ4n) is 2.46. The van der Waals surface area contributed by atoms with Crippen LogP contribution in [0.5, 0.6) is 0 Å². The molecule has 0 unspecified atom stereocenters. The summed E-state index contributed by atoms with van der Waals surface area (Å²) in [4.78, 5) is 28.2. The lowest BCUT2D eigenvalue weighted by atomic mass is 9.91. The third kappa shape index (κ3) is 5.93. The summed E-state index contributed by atoms with van der Waals surface area (Å²) < 4.78 is 0. The van der Waals surface area contributed by atoms with Crippen LogP contribution < -0.4 is 0 Å². The highest BCUT2D eigenvalue weighted by Crippen LogP contribution is 2.20. The zero-order valence-electron chi connectivity index (χ0n) is 13.7. The van der Waals surface area contributed by atoms with E-state index in [-0.39, 0.29) is 17.2 Å². The molecule has 0 saturated carbocycles. The van der Waals surface area contributed by atoms with Gasteiger partial charge in [0.05, 0.1) is 0 Å². The average Bonchev–Trinajstić information content (AvgIpc) is 2.50. The van der Waals surface area contributed by atoms with Crippen LogP contribution in [-0.2, 0) is 9.59 Å². The highest BCUT2D eigenvalue weighted by atomic mass is 16.2. The molecule has 4 heteroatoms. The standard InChI is InChI=1S/C16H30N2O2/c1-13(2)11-14(19)17-7-6-8-18(10-9-17)15(20)12-16(3,4)5/h13H,6-12H2,1-5H3. The smallest absolute Gasteiger partial charge is 0.223 e. The molecule has 20 heavy (non-hydrogen) atoms. The summed E-state index contributed by atoms with van der Waals surface area (Å²) in [5, 5.41) is 0. The molecule has 4 nitrogen and oxygen atoms in total. The zero-order chi connectivity index (χ0) is 15.3. The molecule has 0 bridgehead atoms. The fraction of sp³-hybridized carbons (Fsp3) is 0.875. The zero-order valence-corrected chi connectivity index (χ0v) is 13.7. The summed E-state index contributed by atoms with van der Waals surface area (Å²) in [5.74, 6) is 0.838. The highest BCUT2D eigenvalue weighted by molar-refractivity contribution is 5.78. The van der Waals surface area contributed by atoms with Gasteiger partial charge in [0.25, 0.3) is 0 Å². The van der Waals surface area contributed by atoms with Crippen molar-refractivity contribution in [2.75, 3.05) is 26.2 Å². The summed E-state index contributed by atoms with van der Waals surface area (Å²) >= 11 is 0. The SMILES string of the molecule is CC(C)CC(=O)N1CCCN(C(=O)CC(C)(C)C)CC1. The Hall–Kier alpha value is -1.06. The van der Waals surface area contributed by atoms with Crippen LogP contribution in [0.15, 0.2) is 0 Å². The molecule has 1 heterocycles. The maximum absolute atomic E-state index is 12.2. The molecule has 0 radical (unpaired) electrons. The normalized spacial score (nSPS) is 17.3. The summed E-state index contributed by atoms with van der Waals surface area (Å²) in [6.45, 7) is 13.3. The topological polar surface area (TPSA) is 40.6 Å². The van der Waals surface area contributed by atoms with Crippen molar-refractivity contribution >= 4 is 11.8 Å². The summed E-state index contributed by atoms with van der Waals surface area (Å²) in [5.41, 5.74) is 0.0243. The van der Waals surface area contributed by atoms with Crippen molar-refractivity contribution in [3.63, 3.8) is 0 Å². The molecule has 0 spiro atoms. The molecule has 0 aromatic heterocycles. The summed E-state index contributed by atoms with van der Waals surface area (Å²) in [6, 6.07) is 0. The Bertz CT molecular complexity index is 345. The Balaban J connectivity index is 2.51. The molecule has 1 aliphatic heterocycles. The Kier molecular flexibility index (Phi) is 6.03. The molecular formula is C16H30N2O2. The first kappa shape index (κ1) is 17.0. The van der Waals surface area contributed by atoms with Crippen molar-refractivity contribution in [2.45, 2.75) is 53.9 Å². The Morgan fingerprint density at radius 1 is 0.950 bits per heavy atom. The minimum atomic E-state index is 0.0243. The van der Waals surface area contributed by atoms with Gasteiger partial charge >= 0.3 is 0 Å². The van der Waals surface area contributed by atoms with E-state index in [0.29, 0.717) is 31.8 Å². The molecular weight excluding hydrogens is 252 g/mol. The second-order valence-electron chi connectivity index (χ2n) is 7.45. The van der Waals surface area contributed by atoms with E-state index in [1.807, 2.05) is 9.80 Å². The van der Waals surface area contributed by atoms with Crippen LogP contribution in [0.2, 0.25) is 0 Å². The first-order valence-electron chi connectivity index (χ1n) is 7.74. The number of rotatable bonds is 3. The first-order valence-corrected chi connectivity index (χ1v) is 7.74. The molecule has 1 saturated heterocycles. The quantitative estimate of drug-likeness (QED) is 0.798. The van der Waals surface area contributed by atoms with E-state index in [0.717, 1.165) is 19.5 Å². The molecule has 0 aromatic rings. The second-order valence-corrected chi connectivity index (χ2v) is 7.45. The minimum Gasteiger partial charge on any atom is -0.341 e. The van der Waals surface area contributed by atoms with Crippen LogP contribution in [-0.4, -0.2) is 47.8 Å². The van der Waals surface area contributed by atoms with Gasteiger partial charge in [-0.1, -0.05) is 34.6 Å². The lowest BCUT2D eigenvalue weighted by Crippen LogP contribution is -2.38. The van der Waals surface area contributed by atoms with E-state index in [9.17, 15) is 9.59 Å². The van der Waals surface area contributed by atoms with E-state index in [4.69, 9.17) is 0 Å². The lowest BCUT2D eigenvalue weighted by Gasteiger charge is -2.26. The Labute approximate surface area is 123 Å². The number of amides is 2. The maximum Gasteiger partial charge on any atom is 0.223 e. The van der Waals surface area contributed by atoms with Gasteiger partial charge in [0.1, 0.15) is 0 Å². The van der Waals surface area contributed by atoms with Crippen LogP contribution in [0.25, 0.3) is 0 Å². The van der Waals surface area contributed by atoms with Gasteiger partial charge in [-0.05, 0) is 17.8 Å². The molecule has 1 aliphatic rings. The van der Waals surface area contributed by atoms with Gasteiger partial charge in [-0.25, -0.2) is 0 Å². The van der Waals surface area contributed by atoms with Crippen molar-refractivity contribution in [3.8, 4) is 0 Å². The molecule has 1 fully saturated rings. The van der Waals surface area contributed by atoms with Crippen molar-refractivity contribution < 1.29 is 9.59 Å². The van der Waals surface area contributed by atoms with Gasteiger partial charge in [-0.15, -0.1) is 0 Å². The predicted molar refractivity (Wildman–Crippen MR) is 81.3 cm³/mol. The molecule has 116 valence electrons. The van der Waals surface area contributed by atoms with Crippen LogP contribution in [0, 0.1) is 11.3 Å². The van der Waals surface area contributed by atoms with Gasteiger partial charge in [0.15, 0.2) is 0 Å². The van der Waals surface area contributed by atoms with Gasteiger partial charge in [0, 0.05) is 39.0 Å². The largest absolute Gasteiger partial charge is 0.341 e. The molecule has 2 amide bonds. The second kappa shape index (κ2) is 7.09. The van der Waals surface area contributed by atoms with E-state index in [1.165, 1.54) is 0 Å². The molecule has 0 N–H and O–H groups in total. The number of carbonyl (C=O) groups excluding carboxylic acids is 2. The Morgan fingerprint density at radius 3 is 1.90 bits per heavy atom.